The fourth-order valence-corrected chi connectivity index (χ4v) is 4.37. The van der Waals surface area contributed by atoms with Crippen molar-refractivity contribution in [1.29, 1.82) is 0 Å². The predicted molar refractivity (Wildman–Crippen MR) is 119 cm³/mol. The van der Waals surface area contributed by atoms with Crippen LogP contribution in [-0.2, 0) is 14.8 Å². The molecule has 0 saturated heterocycles. The average Bonchev–Trinajstić information content (AvgIpc) is 2.74. The van der Waals surface area contributed by atoms with Gasteiger partial charge in [0.15, 0.2) is 5.75 Å². The fraction of sp³-hybridized carbons (Fsp3) is 0.174. The van der Waals surface area contributed by atoms with Crippen molar-refractivity contribution in [3.8, 4) is 11.5 Å². The van der Waals surface area contributed by atoms with Gasteiger partial charge in [-0.25, -0.2) is 12.8 Å². The smallest absolute Gasteiger partial charge is 0.248 e. The van der Waals surface area contributed by atoms with Crippen LogP contribution in [0, 0.1) is 5.82 Å². The molecule has 0 aliphatic heterocycles. The van der Waals surface area contributed by atoms with E-state index in [1.807, 2.05) is 18.2 Å². The summed E-state index contributed by atoms with van der Waals surface area (Å²) in [6.07, 6.45) is 1.08. The van der Waals surface area contributed by atoms with Gasteiger partial charge in [0.05, 0.1) is 17.6 Å². The lowest BCUT2D eigenvalue weighted by Crippen LogP contribution is -2.47. The Kier molecular flexibility index (Phi) is 6.91. The van der Waals surface area contributed by atoms with E-state index in [0.29, 0.717) is 17.2 Å². The summed E-state index contributed by atoms with van der Waals surface area (Å²) in [5.74, 6) is -0.346. The Hall–Kier alpha value is -3.39. The maximum atomic E-state index is 14.4. The van der Waals surface area contributed by atoms with Gasteiger partial charge in [-0.2, -0.15) is 0 Å². The third-order valence-corrected chi connectivity index (χ3v) is 5.70. The second kappa shape index (κ2) is 9.61. The molecule has 0 radical (unpaired) electrons. The van der Waals surface area contributed by atoms with Crippen molar-refractivity contribution in [1.82, 2.24) is 0 Å². The number of para-hydroxylation sites is 4. The largest absolute Gasteiger partial charge is 0.455 e. The van der Waals surface area contributed by atoms with Gasteiger partial charge in [-0.3, -0.25) is 9.10 Å². The molecule has 1 N–H and O–H groups in total. The zero-order valence-corrected chi connectivity index (χ0v) is 18.0. The molecule has 3 aromatic carbocycles. The van der Waals surface area contributed by atoms with E-state index in [0.717, 1.165) is 16.6 Å². The molecule has 0 fully saturated rings. The van der Waals surface area contributed by atoms with Gasteiger partial charge in [-0.05, 0) is 42.8 Å². The van der Waals surface area contributed by atoms with Crippen LogP contribution in [-0.4, -0.2) is 26.6 Å². The third kappa shape index (κ3) is 5.40. The molecule has 3 aromatic rings. The minimum atomic E-state index is -3.95. The molecule has 0 unspecified atom stereocenters. The number of nitrogens with zero attached hydrogens (tertiary/aromatic N) is 1. The van der Waals surface area contributed by atoms with Crippen LogP contribution in [0.15, 0.2) is 78.9 Å². The molecular weight excluding hydrogens is 419 g/mol. The number of ether oxygens (including phenoxy) is 1. The van der Waals surface area contributed by atoms with Gasteiger partial charge < -0.3 is 10.1 Å². The topological polar surface area (TPSA) is 75.7 Å². The molecular formula is C23H23FN2O4S. The van der Waals surface area contributed by atoms with Crippen LogP contribution in [0.5, 0.6) is 11.5 Å². The molecule has 0 saturated carbocycles. The van der Waals surface area contributed by atoms with Crippen molar-refractivity contribution < 1.29 is 22.3 Å². The molecule has 162 valence electrons. The first-order chi connectivity index (χ1) is 14.8. The van der Waals surface area contributed by atoms with E-state index >= 15 is 0 Å². The van der Waals surface area contributed by atoms with Crippen LogP contribution in [0.25, 0.3) is 0 Å². The molecule has 8 heteroatoms. The lowest BCUT2D eigenvalue weighted by atomic mass is 10.1. The summed E-state index contributed by atoms with van der Waals surface area (Å²) in [7, 11) is -3.95. The fourth-order valence-electron chi connectivity index (χ4n) is 3.16. The summed E-state index contributed by atoms with van der Waals surface area (Å²) in [6, 6.07) is 20.2. The Morgan fingerprint density at radius 2 is 1.61 bits per heavy atom. The minimum Gasteiger partial charge on any atom is -0.455 e. The molecule has 6 nitrogen and oxygen atoms in total. The molecule has 1 atom stereocenters. The normalized spacial score (nSPS) is 12.1. The summed E-state index contributed by atoms with van der Waals surface area (Å²) in [5, 5.41) is 2.73. The first-order valence-electron chi connectivity index (χ1n) is 9.68. The number of carbonyl (C=O) groups is 1. The molecule has 3 rings (SSSR count). The number of halogens is 1. The van der Waals surface area contributed by atoms with Crippen LogP contribution in [0.2, 0.25) is 0 Å². The lowest BCUT2D eigenvalue weighted by Gasteiger charge is -2.30. The number of sulfonamides is 1. The third-order valence-electron chi connectivity index (χ3n) is 4.54. The predicted octanol–water partition coefficient (Wildman–Crippen LogP) is 4.80. The van der Waals surface area contributed by atoms with E-state index in [-0.39, 0.29) is 12.1 Å². The minimum absolute atomic E-state index is 0.134. The summed E-state index contributed by atoms with van der Waals surface area (Å²) in [6.45, 7) is 1.66. The van der Waals surface area contributed by atoms with Gasteiger partial charge in [0.25, 0.3) is 0 Å². The van der Waals surface area contributed by atoms with Crippen LogP contribution in [0.3, 0.4) is 0 Å². The van der Waals surface area contributed by atoms with Crippen LogP contribution >= 0.6 is 0 Å². The molecule has 0 aromatic heterocycles. The van der Waals surface area contributed by atoms with E-state index in [4.69, 9.17) is 4.74 Å². The number of benzene rings is 3. The maximum Gasteiger partial charge on any atom is 0.248 e. The Morgan fingerprint density at radius 3 is 2.26 bits per heavy atom. The molecule has 0 heterocycles. The van der Waals surface area contributed by atoms with Gasteiger partial charge in [0.2, 0.25) is 15.9 Å². The summed E-state index contributed by atoms with van der Waals surface area (Å²) < 4.78 is 46.1. The highest BCUT2D eigenvalue weighted by Gasteiger charge is 2.33. The van der Waals surface area contributed by atoms with Crippen LogP contribution in [0.1, 0.15) is 13.3 Å². The second-order valence-corrected chi connectivity index (χ2v) is 8.69. The maximum absolute atomic E-state index is 14.4. The lowest BCUT2D eigenvalue weighted by molar-refractivity contribution is -0.117. The van der Waals surface area contributed by atoms with Gasteiger partial charge in [0.1, 0.15) is 17.6 Å². The number of carbonyl (C=O) groups excluding carboxylic acids is 1. The first-order valence-corrected chi connectivity index (χ1v) is 11.5. The number of anilines is 2. The standard InChI is InChI=1S/C23H23FN2O4S/c1-3-20(26(31(2,28)29)21-15-9-7-13-18(21)24)23(27)25-19-14-8-10-16-22(19)30-17-11-5-4-6-12-17/h4-16,20H,3H2,1-2H3,(H,25,27)/t20-/m1/s1. The van der Waals surface area contributed by atoms with Crippen LogP contribution in [0.4, 0.5) is 15.8 Å². The van der Waals surface area contributed by atoms with Crippen molar-refractivity contribution in [3.05, 3.63) is 84.7 Å². The van der Waals surface area contributed by atoms with E-state index in [9.17, 15) is 17.6 Å². The number of rotatable bonds is 8. The second-order valence-electron chi connectivity index (χ2n) is 6.83. The van der Waals surface area contributed by atoms with Gasteiger partial charge in [-0.1, -0.05) is 49.4 Å². The van der Waals surface area contributed by atoms with E-state index in [1.165, 1.54) is 18.2 Å². The van der Waals surface area contributed by atoms with E-state index in [2.05, 4.69) is 5.32 Å². The van der Waals surface area contributed by atoms with Gasteiger partial charge >= 0.3 is 0 Å². The van der Waals surface area contributed by atoms with Crippen molar-refractivity contribution in [2.45, 2.75) is 19.4 Å². The molecule has 31 heavy (non-hydrogen) atoms. The molecule has 0 aliphatic carbocycles. The van der Waals surface area contributed by atoms with Crippen molar-refractivity contribution in [3.63, 3.8) is 0 Å². The Balaban J connectivity index is 1.92. The van der Waals surface area contributed by atoms with Crippen molar-refractivity contribution in [2.24, 2.45) is 0 Å². The summed E-state index contributed by atoms with van der Waals surface area (Å²) in [4.78, 5) is 13.1. The van der Waals surface area contributed by atoms with E-state index in [1.54, 1.807) is 43.3 Å². The number of nitrogens with one attached hydrogen (secondary N) is 1. The Labute approximate surface area is 181 Å². The van der Waals surface area contributed by atoms with Crippen molar-refractivity contribution >= 4 is 27.3 Å². The average molecular weight is 443 g/mol. The summed E-state index contributed by atoms with van der Waals surface area (Å²) >= 11 is 0. The highest BCUT2D eigenvalue weighted by atomic mass is 32.2. The van der Waals surface area contributed by atoms with Gasteiger partial charge in [0, 0.05) is 0 Å². The van der Waals surface area contributed by atoms with Crippen molar-refractivity contribution in [2.75, 3.05) is 15.9 Å². The number of hydrogen-bond donors (Lipinski definition) is 1. The highest BCUT2D eigenvalue weighted by Crippen LogP contribution is 2.31. The molecule has 0 aliphatic rings. The molecule has 1 amide bonds. The quantitative estimate of drug-likeness (QED) is 0.544. The molecule has 0 bridgehead atoms. The highest BCUT2D eigenvalue weighted by molar-refractivity contribution is 7.92. The SMILES string of the molecule is CC[C@H](C(=O)Nc1ccccc1Oc1ccccc1)N(c1ccccc1F)S(C)(=O)=O. The zero-order valence-electron chi connectivity index (χ0n) is 17.2. The van der Waals surface area contributed by atoms with Gasteiger partial charge in [-0.15, -0.1) is 0 Å². The monoisotopic (exact) mass is 442 g/mol. The summed E-state index contributed by atoms with van der Waals surface area (Å²) in [5.41, 5.74) is 0.192. The Morgan fingerprint density at radius 1 is 1.00 bits per heavy atom. The number of hydrogen-bond acceptors (Lipinski definition) is 4. The number of amides is 1. The first kappa shape index (κ1) is 22.3. The van der Waals surface area contributed by atoms with E-state index < -0.39 is 27.8 Å². The van der Waals surface area contributed by atoms with Crippen LogP contribution < -0.4 is 14.4 Å². The zero-order chi connectivity index (χ0) is 22.4. The Bertz CT molecular complexity index is 1150. The molecule has 0 spiro atoms.